The first-order chi connectivity index (χ1) is 6.60. The maximum Gasteiger partial charge on any atom is 0.280 e. The summed E-state index contributed by atoms with van der Waals surface area (Å²) >= 11 is 5.60. The Hall–Kier alpha value is -1.25. The molecule has 1 N–H and O–H groups in total. The first-order valence-corrected chi connectivity index (χ1v) is 3.96. The van der Waals surface area contributed by atoms with Crippen LogP contribution in [0.3, 0.4) is 0 Å². The van der Waals surface area contributed by atoms with Crippen LogP contribution in [-0.4, -0.2) is 10.1 Å². The van der Waals surface area contributed by atoms with Crippen molar-refractivity contribution in [2.45, 2.75) is 13.0 Å². The van der Waals surface area contributed by atoms with E-state index in [2.05, 4.69) is 4.98 Å². The molecule has 0 amide bonds. The molecule has 3 nitrogen and oxygen atoms in total. The molecule has 0 fully saturated rings. The molecule has 0 aliphatic heterocycles. The SMILES string of the molecule is N#Cc1cc(C(F)F)nc(CO)c1Cl. The summed E-state index contributed by atoms with van der Waals surface area (Å²) in [6.45, 7) is -0.575. The molecule has 0 saturated carbocycles. The van der Waals surface area contributed by atoms with E-state index in [4.69, 9.17) is 22.0 Å². The topological polar surface area (TPSA) is 56.9 Å². The zero-order valence-corrected chi connectivity index (χ0v) is 7.59. The van der Waals surface area contributed by atoms with E-state index in [9.17, 15) is 8.78 Å². The van der Waals surface area contributed by atoms with E-state index in [-0.39, 0.29) is 16.3 Å². The van der Waals surface area contributed by atoms with Crippen LogP contribution in [0.1, 0.15) is 23.4 Å². The number of alkyl halides is 2. The van der Waals surface area contributed by atoms with Crippen LogP contribution in [0.2, 0.25) is 5.02 Å². The zero-order chi connectivity index (χ0) is 10.7. The fraction of sp³-hybridized carbons (Fsp3) is 0.250. The molecule has 1 aromatic rings. The van der Waals surface area contributed by atoms with Crippen LogP contribution in [0.5, 0.6) is 0 Å². The largest absolute Gasteiger partial charge is 0.390 e. The molecular weight excluding hydrogens is 214 g/mol. The quantitative estimate of drug-likeness (QED) is 0.826. The highest BCUT2D eigenvalue weighted by atomic mass is 35.5. The summed E-state index contributed by atoms with van der Waals surface area (Å²) in [6.07, 6.45) is -2.79. The van der Waals surface area contributed by atoms with Crippen molar-refractivity contribution in [2.24, 2.45) is 0 Å². The third-order valence-corrected chi connectivity index (χ3v) is 1.96. The average molecular weight is 219 g/mol. The average Bonchev–Trinajstić information content (AvgIpc) is 2.17. The number of rotatable bonds is 2. The van der Waals surface area contributed by atoms with E-state index in [0.717, 1.165) is 6.07 Å². The Morgan fingerprint density at radius 3 is 2.71 bits per heavy atom. The van der Waals surface area contributed by atoms with Crippen LogP contribution < -0.4 is 0 Å². The predicted octanol–water partition coefficient (Wildman–Crippen LogP) is 2.04. The number of aliphatic hydroxyl groups is 1. The van der Waals surface area contributed by atoms with Crippen molar-refractivity contribution >= 4 is 11.6 Å². The van der Waals surface area contributed by atoms with Gasteiger partial charge in [0.1, 0.15) is 11.8 Å². The second kappa shape index (κ2) is 4.31. The molecule has 1 aromatic heterocycles. The standard InChI is InChI=1S/C8H5ClF2N2O/c9-7-4(2-12)1-5(8(10)11)13-6(7)3-14/h1,8,14H,3H2. The van der Waals surface area contributed by atoms with Gasteiger partial charge in [-0.2, -0.15) is 5.26 Å². The minimum Gasteiger partial charge on any atom is -0.390 e. The molecule has 0 spiro atoms. The lowest BCUT2D eigenvalue weighted by Crippen LogP contribution is -1.99. The fourth-order valence-electron chi connectivity index (χ4n) is 0.902. The van der Waals surface area contributed by atoms with Crippen LogP contribution in [0.15, 0.2) is 6.07 Å². The molecule has 6 heteroatoms. The number of nitriles is 1. The summed E-state index contributed by atoms with van der Waals surface area (Å²) < 4.78 is 24.5. The van der Waals surface area contributed by atoms with Crippen molar-refractivity contribution in [1.82, 2.24) is 4.98 Å². The van der Waals surface area contributed by atoms with Crippen LogP contribution >= 0.6 is 11.6 Å². The van der Waals surface area contributed by atoms with Crippen molar-refractivity contribution in [2.75, 3.05) is 0 Å². The van der Waals surface area contributed by atoms with Gasteiger partial charge in [0.05, 0.1) is 22.9 Å². The van der Waals surface area contributed by atoms with Crippen molar-refractivity contribution in [3.8, 4) is 6.07 Å². The predicted molar refractivity (Wildman–Crippen MR) is 44.8 cm³/mol. The van der Waals surface area contributed by atoms with Crippen LogP contribution in [0.25, 0.3) is 0 Å². The van der Waals surface area contributed by atoms with Gasteiger partial charge in [-0.05, 0) is 6.07 Å². The number of aromatic nitrogens is 1. The smallest absolute Gasteiger partial charge is 0.280 e. The molecule has 0 aliphatic carbocycles. The van der Waals surface area contributed by atoms with Gasteiger partial charge < -0.3 is 5.11 Å². The van der Waals surface area contributed by atoms with E-state index in [1.165, 1.54) is 0 Å². The molecule has 0 aliphatic rings. The van der Waals surface area contributed by atoms with Gasteiger partial charge in [-0.3, -0.25) is 0 Å². The minimum absolute atomic E-state index is 0.0839. The summed E-state index contributed by atoms with van der Waals surface area (Å²) in [6, 6.07) is 2.56. The second-order valence-electron chi connectivity index (χ2n) is 2.43. The van der Waals surface area contributed by atoms with Gasteiger partial charge in [0.2, 0.25) is 0 Å². The van der Waals surface area contributed by atoms with E-state index in [1.54, 1.807) is 6.07 Å². The first-order valence-electron chi connectivity index (χ1n) is 3.58. The number of nitrogens with zero attached hydrogens (tertiary/aromatic N) is 2. The van der Waals surface area contributed by atoms with Crippen molar-refractivity contribution in [3.63, 3.8) is 0 Å². The van der Waals surface area contributed by atoms with E-state index < -0.39 is 18.7 Å². The summed E-state index contributed by atoms with van der Waals surface area (Å²) in [5.74, 6) is 0. The highest BCUT2D eigenvalue weighted by Gasteiger charge is 2.15. The number of aliphatic hydroxyl groups excluding tert-OH is 1. The van der Waals surface area contributed by atoms with Gasteiger partial charge in [-0.15, -0.1) is 0 Å². The Kier molecular flexibility index (Phi) is 3.33. The maximum absolute atomic E-state index is 12.2. The van der Waals surface area contributed by atoms with Gasteiger partial charge in [-0.1, -0.05) is 11.6 Å². The van der Waals surface area contributed by atoms with Gasteiger partial charge in [0.15, 0.2) is 0 Å². The molecule has 0 saturated heterocycles. The second-order valence-corrected chi connectivity index (χ2v) is 2.80. The van der Waals surface area contributed by atoms with Gasteiger partial charge >= 0.3 is 0 Å². The van der Waals surface area contributed by atoms with E-state index >= 15 is 0 Å². The molecule has 0 radical (unpaired) electrons. The van der Waals surface area contributed by atoms with Crippen LogP contribution in [-0.2, 0) is 6.61 Å². The highest BCUT2D eigenvalue weighted by Crippen LogP contribution is 2.25. The minimum atomic E-state index is -2.79. The third kappa shape index (κ3) is 1.97. The Balaban J connectivity index is 3.34. The number of hydrogen-bond donors (Lipinski definition) is 1. The molecule has 0 bridgehead atoms. The lowest BCUT2D eigenvalue weighted by atomic mass is 10.2. The highest BCUT2D eigenvalue weighted by molar-refractivity contribution is 6.32. The molecular formula is C8H5ClF2N2O. The maximum atomic E-state index is 12.2. The monoisotopic (exact) mass is 218 g/mol. The number of pyridine rings is 1. The summed E-state index contributed by atoms with van der Waals surface area (Å²) in [4.78, 5) is 3.42. The fourth-order valence-corrected chi connectivity index (χ4v) is 1.10. The van der Waals surface area contributed by atoms with Crippen molar-refractivity contribution in [3.05, 3.63) is 28.0 Å². The molecule has 0 aromatic carbocycles. The van der Waals surface area contributed by atoms with Crippen molar-refractivity contribution in [1.29, 1.82) is 5.26 Å². The molecule has 1 heterocycles. The van der Waals surface area contributed by atoms with Gasteiger partial charge in [0.25, 0.3) is 6.43 Å². The summed E-state index contributed by atoms with van der Waals surface area (Å²) in [5.41, 5.74) is -0.781. The van der Waals surface area contributed by atoms with Gasteiger partial charge in [0, 0.05) is 0 Å². The van der Waals surface area contributed by atoms with Gasteiger partial charge in [-0.25, -0.2) is 13.8 Å². The summed E-state index contributed by atoms with van der Waals surface area (Å²) in [5, 5.41) is 17.2. The Morgan fingerprint density at radius 1 is 1.64 bits per heavy atom. The molecule has 74 valence electrons. The van der Waals surface area contributed by atoms with E-state index in [1.807, 2.05) is 0 Å². The first kappa shape index (κ1) is 10.8. The zero-order valence-electron chi connectivity index (χ0n) is 6.84. The lowest BCUT2D eigenvalue weighted by Gasteiger charge is -2.05. The van der Waals surface area contributed by atoms with Crippen molar-refractivity contribution < 1.29 is 13.9 Å². The normalized spacial score (nSPS) is 10.3. The van der Waals surface area contributed by atoms with Crippen LogP contribution in [0, 0.1) is 11.3 Å². The number of hydrogen-bond acceptors (Lipinski definition) is 3. The Bertz CT molecular complexity index is 390. The molecule has 1 rings (SSSR count). The third-order valence-electron chi connectivity index (χ3n) is 1.54. The number of halogens is 3. The van der Waals surface area contributed by atoms with Crippen LogP contribution in [0.4, 0.5) is 8.78 Å². The summed E-state index contributed by atoms with van der Waals surface area (Å²) in [7, 11) is 0. The lowest BCUT2D eigenvalue weighted by molar-refractivity contribution is 0.145. The molecule has 0 atom stereocenters. The molecule has 0 unspecified atom stereocenters. The Labute approximate surface area is 83.6 Å². The molecule has 14 heavy (non-hydrogen) atoms. The van der Waals surface area contributed by atoms with E-state index in [0.29, 0.717) is 0 Å². The Morgan fingerprint density at radius 2 is 2.29 bits per heavy atom.